The number of hydrogen-bond acceptors (Lipinski definition) is 1. The summed E-state index contributed by atoms with van der Waals surface area (Å²) in [4.78, 5) is 0. The van der Waals surface area contributed by atoms with E-state index >= 15 is 0 Å². The zero-order chi connectivity index (χ0) is 6.15. The van der Waals surface area contributed by atoms with E-state index in [1.807, 2.05) is 0 Å². The monoisotopic (exact) mass is 112 g/mol. The van der Waals surface area contributed by atoms with Gasteiger partial charge in [0, 0.05) is 6.42 Å². The number of hydrogen-bond donors (Lipinski definition) is 0. The Morgan fingerprint density at radius 3 is 2.38 bits per heavy atom. The third-order valence-electron chi connectivity index (χ3n) is 1.49. The van der Waals surface area contributed by atoms with E-state index in [-0.39, 0.29) is 0 Å². The highest BCUT2D eigenvalue weighted by Crippen LogP contribution is 2.27. The van der Waals surface area contributed by atoms with Crippen molar-refractivity contribution in [1.82, 2.24) is 0 Å². The predicted molar refractivity (Wildman–Crippen MR) is 33.5 cm³/mol. The topological polar surface area (TPSA) is 9.23 Å². The van der Waals surface area contributed by atoms with Crippen molar-refractivity contribution in [3.63, 3.8) is 0 Å². The van der Waals surface area contributed by atoms with E-state index in [2.05, 4.69) is 20.4 Å². The summed E-state index contributed by atoms with van der Waals surface area (Å²) in [6.07, 6.45) is 1.53. The van der Waals surface area contributed by atoms with E-state index in [0.717, 1.165) is 12.2 Å². The SMILES string of the molecule is C=C1CC(C(C)C)O1. The zero-order valence-electron chi connectivity index (χ0n) is 5.48. The van der Waals surface area contributed by atoms with Crippen LogP contribution in [-0.4, -0.2) is 6.10 Å². The van der Waals surface area contributed by atoms with E-state index in [4.69, 9.17) is 4.74 Å². The Balaban J connectivity index is 2.25. The molecule has 0 N–H and O–H groups in total. The summed E-state index contributed by atoms with van der Waals surface area (Å²) >= 11 is 0. The molecule has 1 saturated heterocycles. The lowest BCUT2D eigenvalue weighted by molar-refractivity contribution is -0.0106. The lowest BCUT2D eigenvalue weighted by atomic mass is 9.99. The Bertz CT molecular complexity index is 97.0. The average Bonchev–Trinajstić information content (AvgIpc) is 1.57. The zero-order valence-corrected chi connectivity index (χ0v) is 5.48. The van der Waals surface area contributed by atoms with Crippen LogP contribution in [0, 0.1) is 5.92 Å². The first-order chi connectivity index (χ1) is 3.70. The van der Waals surface area contributed by atoms with Crippen LogP contribution < -0.4 is 0 Å². The summed E-state index contributed by atoms with van der Waals surface area (Å²) < 4.78 is 5.21. The van der Waals surface area contributed by atoms with Gasteiger partial charge in [-0.25, -0.2) is 0 Å². The van der Waals surface area contributed by atoms with Gasteiger partial charge in [-0.15, -0.1) is 0 Å². The second-order valence-corrected chi connectivity index (χ2v) is 2.64. The summed E-state index contributed by atoms with van der Waals surface area (Å²) in [7, 11) is 0. The fraction of sp³-hybridized carbons (Fsp3) is 0.714. The number of rotatable bonds is 1. The predicted octanol–water partition coefficient (Wildman–Crippen LogP) is 1.95. The van der Waals surface area contributed by atoms with Gasteiger partial charge in [0.1, 0.15) is 6.10 Å². The average molecular weight is 112 g/mol. The molecule has 0 radical (unpaired) electrons. The molecule has 0 aromatic rings. The number of ether oxygens (including phenoxy) is 1. The van der Waals surface area contributed by atoms with E-state index in [1.165, 1.54) is 0 Å². The fourth-order valence-corrected chi connectivity index (χ4v) is 0.801. The molecule has 1 unspecified atom stereocenters. The highest BCUT2D eigenvalue weighted by molar-refractivity contribution is 4.97. The highest BCUT2D eigenvalue weighted by atomic mass is 16.5. The van der Waals surface area contributed by atoms with Crippen molar-refractivity contribution in [2.45, 2.75) is 26.4 Å². The van der Waals surface area contributed by atoms with Crippen molar-refractivity contribution in [3.8, 4) is 0 Å². The van der Waals surface area contributed by atoms with Crippen LogP contribution in [0.4, 0.5) is 0 Å². The lowest BCUT2D eigenvalue weighted by Crippen LogP contribution is -2.29. The maximum Gasteiger partial charge on any atom is 0.107 e. The van der Waals surface area contributed by atoms with E-state index in [9.17, 15) is 0 Å². The van der Waals surface area contributed by atoms with Gasteiger partial charge >= 0.3 is 0 Å². The van der Waals surface area contributed by atoms with Gasteiger partial charge in [-0.2, -0.15) is 0 Å². The minimum Gasteiger partial charge on any atom is -0.495 e. The molecule has 0 aliphatic carbocycles. The molecule has 0 aromatic carbocycles. The van der Waals surface area contributed by atoms with Crippen LogP contribution in [0.25, 0.3) is 0 Å². The molecule has 1 aliphatic rings. The molecule has 0 saturated carbocycles. The molecule has 0 aromatic heterocycles. The van der Waals surface area contributed by atoms with E-state index in [1.54, 1.807) is 0 Å². The van der Waals surface area contributed by atoms with Crippen LogP contribution in [0.1, 0.15) is 20.3 Å². The van der Waals surface area contributed by atoms with Gasteiger partial charge in [-0.3, -0.25) is 0 Å². The Labute approximate surface area is 50.3 Å². The van der Waals surface area contributed by atoms with Crippen LogP contribution >= 0.6 is 0 Å². The molecule has 0 amide bonds. The third kappa shape index (κ3) is 0.857. The van der Waals surface area contributed by atoms with Crippen LogP contribution in [0.3, 0.4) is 0 Å². The van der Waals surface area contributed by atoms with E-state index in [0.29, 0.717) is 12.0 Å². The molecule has 46 valence electrons. The van der Waals surface area contributed by atoms with Crippen molar-refractivity contribution in [3.05, 3.63) is 12.3 Å². The molecule has 8 heavy (non-hydrogen) atoms. The normalized spacial score (nSPS) is 27.4. The first-order valence-electron chi connectivity index (χ1n) is 3.04. The largest absolute Gasteiger partial charge is 0.495 e. The Kier molecular flexibility index (Phi) is 1.28. The van der Waals surface area contributed by atoms with E-state index < -0.39 is 0 Å². The molecule has 0 spiro atoms. The van der Waals surface area contributed by atoms with Gasteiger partial charge in [0.2, 0.25) is 0 Å². The maximum atomic E-state index is 5.21. The summed E-state index contributed by atoms with van der Waals surface area (Å²) in [6.45, 7) is 8.00. The molecule has 1 atom stereocenters. The Hall–Kier alpha value is -0.460. The van der Waals surface area contributed by atoms with Crippen LogP contribution in [0.2, 0.25) is 0 Å². The Morgan fingerprint density at radius 1 is 1.75 bits per heavy atom. The van der Waals surface area contributed by atoms with Gasteiger partial charge in [-0.05, 0) is 5.92 Å². The summed E-state index contributed by atoms with van der Waals surface area (Å²) in [5.74, 6) is 1.60. The minimum atomic E-state index is 0.461. The van der Waals surface area contributed by atoms with Gasteiger partial charge in [0.05, 0.1) is 5.76 Å². The van der Waals surface area contributed by atoms with Crippen molar-refractivity contribution in [2.75, 3.05) is 0 Å². The molecule has 1 fully saturated rings. The fourth-order valence-electron chi connectivity index (χ4n) is 0.801. The summed E-state index contributed by atoms with van der Waals surface area (Å²) in [5.41, 5.74) is 0. The first-order valence-corrected chi connectivity index (χ1v) is 3.04. The smallest absolute Gasteiger partial charge is 0.107 e. The molecular formula is C7H12O. The van der Waals surface area contributed by atoms with Gasteiger partial charge < -0.3 is 4.74 Å². The summed E-state index contributed by atoms with van der Waals surface area (Å²) in [5, 5.41) is 0. The highest BCUT2D eigenvalue weighted by Gasteiger charge is 2.25. The van der Waals surface area contributed by atoms with Crippen molar-refractivity contribution < 1.29 is 4.74 Å². The molecule has 1 heterocycles. The quantitative estimate of drug-likeness (QED) is 0.503. The van der Waals surface area contributed by atoms with Crippen molar-refractivity contribution in [2.24, 2.45) is 5.92 Å². The van der Waals surface area contributed by atoms with Crippen LogP contribution in [0.5, 0.6) is 0 Å². The van der Waals surface area contributed by atoms with Crippen molar-refractivity contribution in [1.29, 1.82) is 0 Å². The molecular weight excluding hydrogens is 100 g/mol. The third-order valence-corrected chi connectivity index (χ3v) is 1.49. The molecule has 1 rings (SSSR count). The summed E-state index contributed by atoms with van der Waals surface area (Å²) in [6, 6.07) is 0. The molecule has 1 aliphatic heterocycles. The van der Waals surface area contributed by atoms with Gasteiger partial charge in [-0.1, -0.05) is 20.4 Å². The first kappa shape index (κ1) is 5.67. The molecule has 1 heteroatoms. The second kappa shape index (κ2) is 1.81. The second-order valence-electron chi connectivity index (χ2n) is 2.64. The standard InChI is InChI=1S/C7H12O/c1-5(2)7-4-6(3)8-7/h5,7H,3-4H2,1-2H3. The molecule has 1 nitrogen and oxygen atoms in total. The van der Waals surface area contributed by atoms with Gasteiger partial charge in [0.15, 0.2) is 0 Å². The minimum absolute atomic E-state index is 0.461. The maximum absolute atomic E-state index is 5.21. The molecule has 0 bridgehead atoms. The van der Waals surface area contributed by atoms with Crippen LogP contribution in [0.15, 0.2) is 12.3 Å². The van der Waals surface area contributed by atoms with Gasteiger partial charge in [0.25, 0.3) is 0 Å². The van der Waals surface area contributed by atoms with Crippen molar-refractivity contribution >= 4 is 0 Å². The lowest BCUT2D eigenvalue weighted by Gasteiger charge is -2.32. The van der Waals surface area contributed by atoms with Crippen LogP contribution in [-0.2, 0) is 4.74 Å². The Morgan fingerprint density at radius 2 is 2.25 bits per heavy atom.